The van der Waals surface area contributed by atoms with Crippen molar-refractivity contribution >= 4 is 28.8 Å². The van der Waals surface area contributed by atoms with Crippen LogP contribution in [0, 0.1) is 11.7 Å². The van der Waals surface area contributed by atoms with E-state index in [4.69, 9.17) is 0 Å². The summed E-state index contributed by atoms with van der Waals surface area (Å²) in [5.74, 6) is -0.726. The van der Waals surface area contributed by atoms with Crippen LogP contribution in [0.4, 0.5) is 10.1 Å². The fraction of sp³-hybridized carbons (Fsp3) is 0.200. The van der Waals surface area contributed by atoms with E-state index in [0.29, 0.717) is 23.7 Å². The van der Waals surface area contributed by atoms with E-state index in [1.807, 2.05) is 11.4 Å². The zero-order valence-electron chi connectivity index (χ0n) is 11.1. The molecule has 1 aromatic carbocycles. The molecular formula is C15H13FN2O2S. The first-order chi connectivity index (χ1) is 10.1. The molecule has 108 valence electrons. The van der Waals surface area contributed by atoms with Crippen LogP contribution in [0.5, 0.6) is 0 Å². The fourth-order valence-corrected chi connectivity index (χ4v) is 2.83. The summed E-state index contributed by atoms with van der Waals surface area (Å²) in [6, 6.07) is 9.22. The number of carbonyl (C=O) groups is 2. The Morgan fingerprint density at radius 2 is 1.90 bits per heavy atom. The molecule has 0 aliphatic carbocycles. The lowest BCUT2D eigenvalue weighted by Gasteiger charge is -2.37. The summed E-state index contributed by atoms with van der Waals surface area (Å²) in [5.41, 5.74) is 0.560. The second-order valence-corrected chi connectivity index (χ2v) is 5.83. The summed E-state index contributed by atoms with van der Waals surface area (Å²) >= 11 is 1.39. The lowest BCUT2D eigenvalue weighted by atomic mass is 9.98. The number of halogens is 1. The highest BCUT2D eigenvalue weighted by Gasteiger charge is 2.36. The molecule has 6 heteroatoms. The molecule has 2 amide bonds. The highest BCUT2D eigenvalue weighted by Crippen LogP contribution is 2.22. The van der Waals surface area contributed by atoms with Gasteiger partial charge >= 0.3 is 0 Å². The molecule has 3 rings (SSSR count). The summed E-state index contributed by atoms with van der Waals surface area (Å²) in [5, 5.41) is 4.58. The first kappa shape index (κ1) is 13.8. The van der Waals surface area contributed by atoms with E-state index in [1.54, 1.807) is 11.0 Å². The first-order valence-corrected chi connectivity index (χ1v) is 7.40. The van der Waals surface area contributed by atoms with E-state index in [2.05, 4.69) is 5.32 Å². The second kappa shape index (κ2) is 5.65. The van der Waals surface area contributed by atoms with Crippen LogP contribution in [0.25, 0.3) is 0 Å². The minimum absolute atomic E-state index is 0.0316. The Morgan fingerprint density at radius 3 is 2.52 bits per heavy atom. The van der Waals surface area contributed by atoms with Gasteiger partial charge in [-0.15, -0.1) is 11.3 Å². The number of hydrogen-bond acceptors (Lipinski definition) is 3. The molecule has 0 radical (unpaired) electrons. The number of hydrogen-bond donors (Lipinski definition) is 1. The summed E-state index contributed by atoms with van der Waals surface area (Å²) in [4.78, 5) is 26.3. The van der Waals surface area contributed by atoms with E-state index in [-0.39, 0.29) is 23.5 Å². The van der Waals surface area contributed by atoms with Crippen LogP contribution in [-0.2, 0) is 4.79 Å². The number of likely N-dealkylation sites (tertiary alicyclic amines) is 1. The number of nitrogens with one attached hydrogen (secondary N) is 1. The lowest BCUT2D eigenvalue weighted by molar-refractivity contribution is -0.123. The molecule has 1 N–H and O–H groups in total. The van der Waals surface area contributed by atoms with Gasteiger partial charge in [0.2, 0.25) is 5.91 Å². The molecule has 4 nitrogen and oxygen atoms in total. The van der Waals surface area contributed by atoms with Gasteiger partial charge in [0.15, 0.2) is 0 Å². The minimum atomic E-state index is -0.343. The highest BCUT2D eigenvalue weighted by atomic mass is 32.1. The number of benzene rings is 1. The molecular weight excluding hydrogens is 291 g/mol. The van der Waals surface area contributed by atoms with Gasteiger partial charge in [0.05, 0.1) is 10.8 Å². The lowest BCUT2D eigenvalue weighted by Crippen LogP contribution is -2.54. The maximum absolute atomic E-state index is 12.8. The molecule has 0 unspecified atom stereocenters. The molecule has 0 saturated carbocycles. The topological polar surface area (TPSA) is 49.4 Å². The van der Waals surface area contributed by atoms with Crippen molar-refractivity contribution in [1.29, 1.82) is 0 Å². The summed E-state index contributed by atoms with van der Waals surface area (Å²) in [7, 11) is 0. The molecule has 2 heterocycles. The number of anilines is 1. The highest BCUT2D eigenvalue weighted by molar-refractivity contribution is 7.12. The SMILES string of the molecule is O=C(Nc1ccc(F)cc1)C1CN(C(=O)c2cccs2)C1. The van der Waals surface area contributed by atoms with Gasteiger partial charge in [-0.3, -0.25) is 9.59 Å². The van der Waals surface area contributed by atoms with Gasteiger partial charge in [0.1, 0.15) is 5.82 Å². The summed E-state index contributed by atoms with van der Waals surface area (Å²) < 4.78 is 12.8. The smallest absolute Gasteiger partial charge is 0.263 e. The third kappa shape index (κ3) is 2.95. The van der Waals surface area contributed by atoms with Crippen LogP contribution in [-0.4, -0.2) is 29.8 Å². The monoisotopic (exact) mass is 304 g/mol. The predicted octanol–water partition coefficient (Wildman–Crippen LogP) is 2.60. The summed E-state index contributed by atoms with van der Waals surface area (Å²) in [6.45, 7) is 0.841. The van der Waals surface area contributed by atoms with Gasteiger partial charge in [0.25, 0.3) is 5.91 Å². The van der Waals surface area contributed by atoms with Gasteiger partial charge in [-0.2, -0.15) is 0 Å². The Hall–Kier alpha value is -2.21. The molecule has 1 fully saturated rings. The maximum Gasteiger partial charge on any atom is 0.263 e. The van der Waals surface area contributed by atoms with Crippen molar-refractivity contribution in [3.05, 3.63) is 52.5 Å². The van der Waals surface area contributed by atoms with Crippen molar-refractivity contribution in [2.24, 2.45) is 5.92 Å². The van der Waals surface area contributed by atoms with Crippen molar-refractivity contribution in [3.63, 3.8) is 0 Å². The van der Waals surface area contributed by atoms with E-state index in [1.165, 1.54) is 35.6 Å². The van der Waals surface area contributed by atoms with E-state index in [9.17, 15) is 14.0 Å². The van der Waals surface area contributed by atoms with Crippen LogP contribution in [0.2, 0.25) is 0 Å². The Bertz CT molecular complexity index is 649. The molecule has 0 spiro atoms. The van der Waals surface area contributed by atoms with Crippen molar-refractivity contribution in [1.82, 2.24) is 4.90 Å². The van der Waals surface area contributed by atoms with E-state index >= 15 is 0 Å². The molecule has 0 bridgehead atoms. The van der Waals surface area contributed by atoms with Crippen LogP contribution < -0.4 is 5.32 Å². The number of thiophene rings is 1. The third-order valence-corrected chi connectivity index (χ3v) is 4.24. The number of rotatable bonds is 3. The molecule has 1 aliphatic rings. The zero-order chi connectivity index (χ0) is 14.8. The molecule has 21 heavy (non-hydrogen) atoms. The molecule has 0 atom stereocenters. The average Bonchev–Trinajstić information content (AvgIpc) is 2.93. The largest absolute Gasteiger partial charge is 0.336 e. The molecule has 1 aliphatic heterocycles. The Kier molecular flexibility index (Phi) is 3.70. The second-order valence-electron chi connectivity index (χ2n) is 4.88. The summed E-state index contributed by atoms with van der Waals surface area (Å²) in [6.07, 6.45) is 0. The Labute approximate surface area is 125 Å². The number of carbonyl (C=O) groups excluding carboxylic acids is 2. The van der Waals surface area contributed by atoms with Crippen molar-refractivity contribution < 1.29 is 14.0 Å². The van der Waals surface area contributed by atoms with E-state index < -0.39 is 0 Å². The van der Waals surface area contributed by atoms with Gasteiger partial charge in [-0.1, -0.05) is 6.07 Å². The normalized spacial score (nSPS) is 14.6. The molecule has 1 saturated heterocycles. The first-order valence-electron chi connectivity index (χ1n) is 6.52. The van der Waals surface area contributed by atoms with Crippen LogP contribution in [0.1, 0.15) is 9.67 Å². The third-order valence-electron chi connectivity index (χ3n) is 3.38. The van der Waals surface area contributed by atoms with E-state index in [0.717, 1.165) is 0 Å². The Morgan fingerprint density at radius 1 is 1.19 bits per heavy atom. The van der Waals surface area contributed by atoms with Gasteiger partial charge < -0.3 is 10.2 Å². The van der Waals surface area contributed by atoms with Crippen molar-refractivity contribution in [3.8, 4) is 0 Å². The van der Waals surface area contributed by atoms with Crippen LogP contribution in [0.15, 0.2) is 41.8 Å². The van der Waals surface area contributed by atoms with Crippen molar-refractivity contribution in [2.75, 3.05) is 18.4 Å². The average molecular weight is 304 g/mol. The quantitative estimate of drug-likeness (QED) is 0.947. The standard InChI is InChI=1S/C15H13FN2O2S/c16-11-3-5-12(6-4-11)17-14(19)10-8-18(9-10)15(20)13-2-1-7-21-13/h1-7,10H,8-9H2,(H,17,19). The van der Waals surface area contributed by atoms with Crippen molar-refractivity contribution in [2.45, 2.75) is 0 Å². The zero-order valence-corrected chi connectivity index (χ0v) is 11.9. The minimum Gasteiger partial charge on any atom is -0.336 e. The number of nitrogens with zero attached hydrogens (tertiary/aromatic N) is 1. The van der Waals surface area contributed by atoms with Crippen LogP contribution in [0.3, 0.4) is 0 Å². The fourth-order valence-electron chi connectivity index (χ4n) is 2.14. The van der Waals surface area contributed by atoms with Gasteiger partial charge in [0, 0.05) is 18.8 Å². The predicted molar refractivity (Wildman–Crippen MR) is 78.7 cm³/mol. The van der Waals surface area contributed by atoms with Gasteiger partial charge in [-0.05, 0) is 35.7 Å². The maximum atomic E-state index is 12.8. The molecule has 1 aromatic heterocycles. The van der Waals surface area contributed by atoms with Gasteiger partial charge in [-0.25, -0.2) is 4.39 Å². The molecule has 2 aromatic rings. The number of amides is 2. The van der Waals surface area contributed by atoms with Crippen LogP contribution >= 0.6 is 11.3 Å². The Balaban J connectivity index is 1.53.